The molecule has 3 aromatic heterocycles. The second-order valence-electron chi connectivity index (χ2n) is 6.11. The minimum absolute atomic E-state index is 0.135. The summed E-state index contributed by atoms with van der Waals surface area (Å²) in [4.78, 5) is 24.3. The molecule has 0 atom stereocenters. The number of carbonyl (C=O) groups is 1. The number of anilines is 1. The van der Waals surface area contributed by atoms with Crippen molar-refractivity contribution in [3.63, 3.8) is 0 Å². The molecule has 0 aliphatic carbocycles. The number of hydrogen-bond acceptors (Lipinski definition) is 6. The number of nitrogens with zero attached hydrogens (tertiary/aromatic N) is 3. The Kier molecular flexibility index (Phi) is 5.30. The first kappa shape index (κ1) is 18.9. The number of thiophene rings is 1. The monoisotopic (exact) mass is 429 g/mol. The van der Waals surface area contributed by atoms with Gasteiger partial charge in [-0.15, -0.1) is 11.3 Å². The molecule has 0 N–H and O–H groups in total. The largest absolute Gasteiger partial charge is 0.494 e. The van der Waals surface area contributed by atoms with Crippen molar-refractivity contribution < 1.29 is 9.53 Å². The summed E-state index contributed by atoms with van der Waals surface area (Å²) in [7, 11) is 1.62. The van der Waals surface area contributed by atoms with Crippen molar-refractivity contribution in [2.45, 2.75) is 13.5 Å². The van der Waals surface area contributed by atoms with Gasteiger partial charge < -0.3 is 4.74 Å². The van der Waals surface area contributed by atoms with Gasteiger partial charge in [0.05, 0.1) is 27.6 Å². The highest BCUT2D eigenvalue weighted by molar-refractivity contribution is 7.22. The molecule has 142 valence electrons. The molecule has 0 unspecified atom stereocenters. The van der Waals surface area contributed by atoms with Gasteiger partial charge in [0, 0.05) is 12.4 Å². The van der Waals surface area contributed by atoms with Crippen molar-refractivity contribution in [2.24, 2.45) is 0 Å². The average molecular weight is 430 g/mol. The van der Waals surface area contributed by atoms with E-state index in [2.05, 4.69) is 4.98 Å². The van der Waals surface area contributed by atoms with Gasteiger partial charge in [0.15, 0.2) is 5.13 Å². The SMILES string of the molecule is COc1ccc(C)c2sc(N(Cc3ccncc3)C(=O)c3ccc(Cl)s3)nc12. The van der Waals surface area contributed by atoms with Crippen LogP contribution in [0.3, 0.4) is 0 Å². The van der Waals surface area contributed by atoms with Crippen molar-refractivity contribution in [1.29, 1.82) is 0 Å². The van der Waals surface area contributed by atoms with Gasteiger partial charge in [-0.25, -0.2) is 4.98 Å². The third kappa shape index (κ3) is 3.61. The molecule has 5 nitrogen and oxygen atoms in total. The van der Waals surface area contributed by atoms with Crippen LogP contribution in [0.25, 0.3) is 10.2 Å². The summed E-state index contributed by atoms with van der Waals surface area (Å²) in [6, 6.07) is 11.2. The fourth-order valence-electron chi connectivity index (χ4n) is 2.84. The zero-order valence-corrected chi connectivity index (χ0v) is 17.6. The van der Waals surface area contributed by atoms with Gasteiger partial charge in [0.25, 0.3) is 5.91 Å². The fraction of sp³-hybridized carbons (Fsp3) is 0.150. The van der Waals surface area contributed by atoms with Crippen molar-refractivity contribution in [1.82, 2.24) is 9.97 Å². The quantitative estimate of drug-likeness (QED) is 0.416. The number of amides is 1. The van der Waals surface area contributed by atoms with Gasteiger partial charge in [-0.3, -0.25) is 14.7 Å². The van der Waals surface area contributed by atoms with Gasteiger partial charge in [-0.05, 0) is 48.4 Å². The lowest BCUT2D eigenvalue weighted by atomic mass is 10.2. The standard InChI is InChI=1S/C20H16ClN3O2S2/c1-12-3-4-14(26-2)17-18(12)28-20(23-17)24(11-13-7-9-22-10-8-13)19(25)15-5-6-16(21)27-15/h3-10H,11H2,1-2H3. The molecular formula is C20H16ClN3O2S2. The summed E-state index contributed by atoms with van der Waals surface area (Å²) in [6.45, 7) is 2.41. The highest BCUT2D eigenvalue weighted by Crippen LogP contribution is 2.37. The van der Waals surface area contributed by atoms with Gasteiger partial charge in [0.2, 0.25) is 0 Å². The molecule has 3 heterocycles. The first-order valence-electron chi connectivity index (χ1n) is 8.47. The van der Waals surface area contributed by atoms with Gasteiger partial charge in [-0.2, -0.15) is 0 Å². The first-order valence-corrected chi connectivity index (χ1v) is 10.5. The van der Waals surface area contributed by atoms with E-state index in [-0.39, 0.29) is 5.91 Å². The molecule has 28 heavy (non-hydrogen) atoms. The number of rotatable bonds is 5. The topological polar surface area (TPSA) is 55.3 Å². The molecule has 0 saturated heterocycles. The van der Waals surface area contributed by atoms with Gasteiger partial charge in [0.1, 0.15) is 11.3 Å². The number of aryl methyl sites for hydroxylation is 1. The molecule has 0 saturated carbocycles. The Hall–Kier alpha value is -2.48. The number of thiazole rings is 1. The van der Waals surface area contributed by atoms with Gasteiger partial charge >= 0.3 is 0 Å². The fourth-order valence-corrected chi connectivity index (χ4v) is 4.88. The Morgan fingerprint density at radius 3 is 2.61 bits per heavy atom. The molecule has 0 aliphatic heterocycles. The summed E-state index contributed by atoms with van der Waals surface area (Å²) < 4.78 is 7.04. The van der Waals surface area contributed by atoms with E-state index in [1.807, 2.05) is 31.2 Å². The smallest absolute Gasteiger partial charge is 0.270 e. The maximum absolute atomic E-state index is 13.3. The number of benzene rings is 1. The third-order valence-electron chi connectivity index (χ3n) is 4.26. The van der Waals surface area contributed by atoms with Crippen molar-refractivity contribution >= 4 is 55.5 Å². The van der Waals surface area contributed by atoms with Crippen LogP contribution in [0.4, 0.5) is 5.13 Å². The Balaban J connectivity index is 1.82. The lowest BCUT2D eigenvalue weighted by Gasteiger charge is -2.19. The maximum Gasteiger partial charge on any atom is 0.270 e. The summed E-state index contributed by atoms with van der Waals surface area (Å²) in [5.74, 6) is 0.558. The summed E-state index contributed by atoms with van der Waals surface area (Å²) in [5.41, 5.74) is 2.82. The molecule has 1 aromatic carbocycles. The minimum Gasteiger partial charge on any atom is -0.494 e. The van der Waals surface area contributed by atoms with E-state index in [4.69, 9.17) is 21.3 Å². The number of carbonyl (C=O) groups excluding carboxylic acids is 1. The Morgan fingerprint density at radius 2 is 1.93 bits per heavy atom. The summed E-state index contributed by atoms with van der Waals surface area (Å²) >= 11 is 8.79. The van der Waals surface area contributed by atoms with E-state index in [1.165, 1.54) is 22.7 Å². The van der Waals surface area contributed by atoms with Gasteiger partial charge in [-0.1, -0.05) is 29.0 Å². The second kappa shape index (κ2) is 7.87. The predicted octanol–water partition coefficient (Wildman–Crippen LogP) is 5.57. The zero-order valence-electron chi connectivity index (χ0n) is 15.2. The van der Waals surface area contributed by atoms with Crippen LogP contribution in [0.2, 0.25) is 4.34 Å². The summed E-state index contributed by atoms with van der Waals surface area (Å²) in [6.07, 6.45) is 3.43. The van der Waals surface area contributed by atoms with E-state index in [0.717, 1.165) is 21.3 Å². The number of halogens is 1. The Labute approximate surface area is 175 Å². The first-order chi connectivity index (χ1) is 13.6. The lowest BCUT2D eigenvalue weighted by molar-refractivity contribution is 0.0989. The van der Waals surface area contributed by atoms with Crippen LogP contribution in [-0.2, 0) is 6.54 Å². The second-order valence-corrected chi connectivity index (χ2v) is 8.80. The van der Waals surface area contributed by atoms with Crippen LogP contribution < -0.4 is 9.64 Å². The van der Waals surface area contributed by atoms with Crippen LogP contribution in [0.1, 0.15) is 20.8 Å². The highest BCUT2D eigenvalue weighted by atomic mass is 35.5. The van der Waals surface area contributed by atoms with E-state index < -0.39 is 0 Å². The average Bonchev–Trinajstić information content (AvgIpc) is 3.34. The number of methoxy groups -OCH3 is 1. The van der Waals surface area contributed by atoms with Crippen molar-refractivity contribution in [2.75, 3.05) is 12.0 Å². The maximum atomic E-state index is 13.3. The van der Waals surface area contributed by atoms with Crippen molar-refractivity contribution in [3.05, 3.63) is 69.1 Å². The Morgan fingerprint density at radius 1 is 1.14 bits per heavy atom. The predicted molar refractivity (Wildman–Crippen MR) is 115 cm³/mol. The van der Waals surface area contributed by atoms with Crippen LogP contribution >= 0.6 is 34.3 Å². The number of hydrogen-bond donors (Lipinski definition) is 0. The van der Waals surface area contributed by atoms with E-state index in [1.54, 1.807) is 36.5 Å². The van der Waals surface area contributed by atoms with Crippen LogP contribution in [0, 0.1) is 6.92 Å². The van der Waals surface area contributed by atoms with E-state index >= 15 is 0 Å². The Bertz CT molecular complexity index is 1140. The normalized spacial score (nSPS) is 11.0. The lowest BCUT2D eigenvalue weighted by Crippen LogP contribution is -2.29. The number of aromatic nitrogens is 2. The number of pyridine rings is 1. The minimum atomic E-state index is -0.135. The van der Waals surface area contributed by atoms with E-state index in [0.29, 0.717) is 26.6 Å². The van der Waals surface area contributed by atoms with Crippen LogP contribution in [-0.4, -0.2) is 23.0 Å². The molecule has 0 bridgehead atoms. The number of ether oxygens (including phenoxy) is 1. The molecule has 0 spiro atoms. The zero-order chi connectivity index (χ0) is 19.7. The number of fused-ring (bicyclic) bond motifs is 1. The summed E-state index contributed by atoms with van der Waals surface area (Å²) in [5, 5.41) is 0.619. The molecule has 0 fully saturated rings. The molecule has 8 heteroatoms. The molecule has 0 radical (unpaired) electrons. The van der Waals surface area contributed by atoms with Crippen LogP contribution in [0.15, 0.2) is 48.8 Å². The van der Waals surface area contributed by atoms with Crippen molar-refractivity contribution in [3.8, 4) is 5.75 Å². The molecule has 1 amide bonds. The highest BCUT2D eigenvalue weighted by Gasteiger charge is 2.24. The molecular weight excluding hydrogens is 414 g/mol. The third-order valence-corrected chi connectivity index (χ3v) is 6.69. The van der Waals surface area contributed by atoms with Crippen LogP contribution in [0.5, 0.6) is 5.75 Å². The molecule has 4 rings (SSSR count). The molecule has 4 aromatic rings. The molecule has 0 aliphatic rings. The van der Waals surface area contributed by atoms with E-state index in [9.17, 15) is 4.79 Å².